The number of nitro benzene ring substituents is 1. The fourth-order valence-electron chi connectivity index (χ4n) is 2.42. The van der Waals surface area contributed by atoms with E-state index in [1.54, 1.807) is 24.3 Å². The molecule has 6 nitrogen and oxygen atoms in total. The Morgan fingerprint density at radius 3 is 2.56 bits per heavy atom. The molecular weight excluding hydrogens is 435 g/mol. The molecule has 2 aromatic carbocycles. The van der Waals surface area contributed by atoms with Crippen molar-refractivity contribution in [3.8, 4) is 0 Å². The number of halogens is 3. The number of nitrogens with zero attached hydrogens (tertiary/aromatic N) is 2. The van der Waals surface area contributed by atoms with Gasteiger partial charge in [-0.3, -0.25) is 24.6 Å². The van der Waals surface area contributed by atoms with E-state index >= 15 is 0 Å². The summed E-state index contributed by atoms with van der Waals surface area (Å²) in [5.74, 6) is -0.538. The highest BCUT2D eigenvalue weighted by molar-refractivity contribution is 8.18. The van der Waals surface area contributed by atoms with Crippen molar-refractivity contribution >= 4 is 69.5 Å². The number of nitro groups is 1. The molecule has 138 valence electrons. The Balaban J connectivity index is 1.93. The zero-order chi connectivity index (χ0) is 19.7. The first kappa shape index (κ1) is 19.7. The monoisotopic (exact) mass is 442 g/mol. The highest BCUT2D eigenvalue weighted by Gasteiger charge is 2.35. The third-order valence-electron chi connectivity index (χ3n) is 3.68. The van der Waals surface area contributed by atoms with Crippen molar-refractivity contribution in [3.63, 3.8) is 0 Å². The summed E-state index contributed by atoms with van der Waals surface area (Å²) < 4.78 is 0. The molecule has 3 rings (SSSR count). The van der Waals surface area contributed by atoms with Gasteiger partial charge >= 0.3 is 0 Å². The second-order valence-corrected chi connectivity index (χ2v) is 7.66. The van der Waals surface area contributed by atoms with Crippen LogP contribution in [-0.4, -0.2) is 21.0 Å². The Bertz CT molecular complexity index is 1010. The van der Waals surface area contributed by atoms with Crippen LogP contribution in [0.2, 0.25) is 15.1 Å². The number of rotatable bonds is 4. The molecule has 0 atom stereocenters. The van der Waals surface area contributed by atoms with Crippen LogP contribution in [0.5, 0.6) is 0 Å². The number of hydrogen-bond acceptors (Lipinski definition) is 5. The van der Waals surface area contributed by atoms with E-state index < -0.39 is 16.1 Å². The molecule has 1 fully saturated rings. The predicted octanol–water partition coefficient (Wildman–Crippen LogP) is 5.79. The van der Waals surface area contributed by atoms with Crippen LogP contribution in [0.1, 0.15) is 11.1 Å². The summed E-state index contributed by atoms with van der Waals surface area (Å²) in [4.78, 5) is 36.4. The van der Waals surface area contributed by atoms with Gasteiger partial charge < -0.3 is 0 Å². The molecule has 2 amide bonds. The Morgan fingerprint density at radius 2 is 1.89 bits per heavy atom. The molecule has 1 aliphatic heterocycles. The van der Waals surface area contributed by atoms with Crippen molar-refractivity contribution in [2.24, 2.45) is 0 Å². The van der Waals surface area contributed by atoms with Crippen LogP contribution >= 0.6 is 46.6 Å². The normalized spacial score (nSPS) is 15.7. The molecule has 0 saturated carbocycles. The number of carbonyl (C=O) groups excluding carboxylic acids is 2. The number of amides is 2. The molecule has 0 radical (unpaired) electrons. The maximum Gasteiger partial charge on any atom is 0.293 e. The molecule has 1 aliphatic rings. The third-order valence-corrected chi connectivity index (χ3v) is 5.55. The van der Waals surface area contributed by atoms with Crippen molar-refractivity contribution in [1.29, 1.82) is 0 Å². The molecule has 0 bridgehead atoms. The second kappa shape index (κ2) is 7.90. The van der Waals surface area contributed by atoms with Crippen LogP contribution in [0, 0.1) is 10.1 Å². The summed E-state index contributed by atoms with van der Waals surface area (Å²) in [5, 5.41) is 11.0. The lowest BCUT2D eigenvalue weighted by Gasteiger charge is -2.12. The third kappa shape index (κ3) is 4.11. The number of thioether (sulfide) groups is 1. The van der Waals surface area contributed by atoms with Gasteiger partial charge in [0.1, 0.15) is 5.02 Å². The van der Waals surface area contributed by atoms with Crippen LogP contribution in [0.3, 0.4) is 0 Å². The molecule has 1 heterocycles. The zero-order valence-corrected chi connectivity index (χ0v) is 16.4. The number of carbonyl (C=O) groups is 2. The molecule has 1 saturated heterocycles. The molecule has 27 heavy (non-hydrogen) atoms. The van der Waals surface area contributed by atoms with Gasteiger partial charge in [-0.15, -0.1) is 0 Å². The molecule has 10 heteroatoms. The van der Waals surface area contributed by atoms with Gasteiger partial charge in [-0.2, -0.15) is 0 Å². The fourth-order valence-corrected chi connectivity index (χ4v) is 4.00. The Labute approximate surface area is 172 Å². The van der Waals surface area contributed by atoms with Gasteiger partial charge in [0.2, 0.25) is 0 Å². The number of hydrogen-bond donors (Lipinski definition) is 0. The highest BCUT2D eigenvalue weighted by Crippen LogP contribution is 2.39. The molecule has 0 spiro atoms. The van der Waals surface area contributed by atoms with E-state index in [9.17, 15) is 19.7 Å². The first-order valence-electron chi connectivity index (χ1n) is 7.40. The summed E-state index contributed by atoms with van der Waals surface area (Å²) in [7, 11) is 0. The summed E-state index contributed by atoms with van der Waals surface area (Å²) in [5.41, 5.74) is 0.462. The van der Waals surface area contributed by atoms with E-state index in [4.69, 9.17) is 34.8 Å². The average molecular weight is 444 g/mol. The van der Waals surface area contributed by atoms with Crippen molar-refractivity contribution in [2.45, 2.75) is 6.54 Å². The van der Waals surface area contributed by atoms with Gasteiger partial charge in [0.05, 0.1) is 16.4 Å². The smallest absolute Gasteiger partial charge is 0.268 e. The number of benzene rings is 2. The van der Waals surface area contributed by atoms with Crippen LogP contribution < -0.4 is 0 Å². The van der Waals surface area contributed by atoms with Crippen molar-refractivity contribution < 1.29 is 14.5 Å². The maximum atomic E-state index is 12.6. The standard InChI is InChI=1S/C17H9Cl3N2O4S/c18-10-3-1-2-9(6-10)8-21-16(23)14(27-17(21)24)7-11-12(19)4-5-13(15(11)20)22(25)26/h1-7H,8H2/b14-7-. The van der Waals surface area contributed by atoms with E-state index in [0.717, 1.165) is 4.90 Å². The van der Waals surface area contributed by atoms with Gasteiger partial charge in [0.25, 0.3) is 16.8 Å². The van der Waals surface area contributed by atoms with Gasteiger partial charge in [-0.1, -0.05) is 46.9 Å². The first-order chi connectivity index (χ1) is 12.8. The largest absolute Gasteiger partial charge is 0.293 e. The van der Waals surface area contributed by atoms with Gasteiger partial charge in [0.15, 0.2) is 0 Å². The Morgan fingerprint density at radius 1 is 1.15 bits per heavy atom. The Kier molecular flexibility index (Phi) is 5.76. The van der Waals surface area contributed by atoms with E-state index in [-0.39, 0.29) is 32.7 Å². The highest BCUT2D eigenvalue weighted by atomic mass is 35.5. The van der Waals surface area contributed by atoms with Gasteiger partial charge in [-0.25, -0.2) is 0 Å². The Hall–Kier alpha value is -2.06. The van der Waals surface area contributed by atoms with Crippen LogP contribution in [0.15, 0.2) is 41.3 Å². The minimum atomic E-state index is -0.652. The summed E-state index contributed by atoms with van der Waals surface area (Å²) in [6.45, 7) is 0.0545. The first-order valence-corrected chi connectivity index (χ1v) is 9.35. The molecular formula is C17H9Cl3N2O4S. The van der Waals surface area contributed by atoms with Crippen LogP contribution in [0.25, 0.3) is 6.08 Å². The van der Waals surface area contributed by atoms with Gasteiger partial charge in [0, 0.05) is 21.7 Å². The maximum absolute atomic E-state index is 12.6. The quantitative estimate of drug-likeness (QED) is 0.339. The molecule has 0 aromatic heterocycles. The van der Waals surface area contributed by atoms with Gasteiger partial charge in [-0.05, 0) is 41.6 Å². The summed E-state index contributed by atoms with van der Waals surface area (Å²) in [6.07, 6.45) is 1.29. The average Bonchev–Trinajstić information content (AvgIpc) is 2.86. The van der Waals surface area contributed by atoms with Crippen LogP contribution in [-0.2, 0) is 11.3 Å². The van der Waals surface area contributed by atoms with Crippen molar-refractivity contribution in [3.05, 3.63) is 77.6 Å². The lowest BCUT2D eigenvalue weighted by atomic mass is 10.1. The number of imide groups is 1. The molecule has 0 aliphatic carbocycles. The molecule has 0 N–H and O–H groups in total. The van der Waals surface area contributed by atoms with E-state index in [1.807, 2.05) is 0 Å². The van der Waals surface area contributed by atoms with Crippen molar-refractivity contribution in [2.75, 3.05) is 0 Å². The second-order valence-electron chi connectivity index (χ2n) is 5.45. The predicted molar refractivity (Wildman–Crippen MR) is 106 cm³/mol. The zero-order valence-electron chi connectivity index (χ0n) is 13.3. The SMILES string of the molecule is O=C1S/C(=C\c2c(Cl)ccc([N+](=O)[O-])c2Cl)C(=O)N1Cc1cccc(Cl)c1. The minimum absolute atomic E-state index is 0.0545. The summed E-state index contributed by atoms with van der Waals surface area (Å²) in [6, 6.07) is 9.29. The van der Waals surface area contributed by atoms with E-state index in [0.29, 0.717) is 22.3 Å². The fraction of sp³-hybridized carbons (Fsp3) is 0.0588. The lowest BCUT2D eigenvalue weighted by molar-refractivity contribution is -0.384. The molecule has 0 unspecified atom stereocenters. The minimum Gasteiger partial charge on any atom is -0.268 e. The lowest BCUT2D eigenvalue weighted by Crippen LogP contribution is -2.27. The van der Waals surface area contributed by atoms with E-state index in [1.165, 1.54) is 18.2 Å². The topological polar surface area (TPSA) is 80.5 Å². The van der Waals surface area contributed by atoms with Crippen LogP contribution in [0.4, 0.5) is 10.5 Å². The molecule has 2 aromatic rings. The van der Waals surface area contributed by atoms with E-state index in [2.05, 4.69) is 0 Å². The van der Waals surface area contributed by atoms with Crippen molar-refractivity contribution in [1.82, 2.24) is 4.90 Å². The summed E-state index contributed by atoms with van der Waals surface area (Å²) >= 11 is 18.8.